The van der Waals surface area contributed by atoms with E-state index in [9.17, 15) is 9.59 Å². The van der Waals surface area contributed by atoms with E-state index in [-0.39, 0.29) is 23.7 Å². The van der Waals surface area contributed by atoms with E-state index < -0.39 is 0 Å². The first-order valence-electron chi connectivity index (χ1n) is 6.69. The zero-order chi connectivity index (χ0) is 13.4. The molecule has 7 heteroatoms. The first-order valence-corrected chi connectivity index (χ1v) is 6.69. The van der Waals surface area contributed by atoms with Gasteiger partial charge in [0.15, 0.2) is 0 Å². The van der Waals surface area contributed by atoms with Gasteiger partial charge >= 0.3 is 0 Å². The molecule has 2 fully saturated rings. The van der Waals surface area contributed by atoms with Crippen LogP contribution in [0.25, 0.3) is 0 Å². The number of rotatable bonds is 2. The molecule has 0 radical (unpaired) electrons. The van der Waals surface area contributed by atoms with E-state index in [4.69, 9.17) is 0 Å². The lowest BCUT2D eigenvalue weighted by atomic mass is 10.1. The van der Waals surface area contributed by atoms with E-state index in [1.807, 2.05) is 11.8 Å². The van der Waals surface area contributed by atoms with Crippen molar-refractivity contribution in [2.75, 3.05) is 19.6 Å². The van der Waals surface area contributed by atoms with Gasteiger partial charge in [-0.25, -0.2) is 4.98 Å². The number of aromatic nitrogens is 3. The third-order valence-corrected chi connectivity index (χ3v) is 3.84. The molecular weight excluding hydrogens is 246 g/mol. The molecule has 19 heavy (non-hydrogen) atoms. The standard InChI is InChI=1S/C12H17N5O2/c1-2-9-13-11(15-14-9)12(19)16-5-6-17-8(7-16)3-4-10(17)18/h8H,2-7H2,1H3,(H,13,14,15). The van der Waals surface area contributed by atoms with Crippen LogP contribution in [-0.2, 0) is 11.2 Å². The molecule has 7 nitrogen and oxygen atoms in total. The molecule has 0 saturated carbocycles. The first-order chi connectivity index (χ1) is 9.19. The monoisotopic (exact) mass is 263 g/mol. The summed E-state index contributed by atoms with van der Waals surface area (Å²) >= 11 is 0. The minimum absolute atomic E-state index is 0.144. The molecule has 1 N–H and O–H groups in total. The fraction of sp³-hybridized carbons (Fsp3) is 0.667. The van der Waals surface area contributed by atoms with Crippen LogP contribution in [0.2, 0.25) is 0 Å². The number of H-pyrrole nitrogens is 1. The van der Waals surface area contributed by atoms with Gasteiger partial charge in [0.25, 0.3) is 5.91 Å². The SMILES string of the molecule is CCc1nc(C(=O)N2CCN3C(=O)CCC3C2)n[nH]1. The van der Waals surface area contributed by atoms with Gasteiger partial charge in [-0.15, -0.1) is 5.10 Å². The minimum Gasteiger partial charge on any atom is -0.336 e. The highest BCUT2D eigenvalue weighted by Crippen LogP contribution is 2.23. The van der Waals surface area contributed by atoms with Gasteiger partial charge in [-0.3, -0.25) is 14.7 Å². The number of nitrogens with one attached hydrogen (secondary N) is 1. The molecule has 2 amide bonds. The van der Waals surface area contributed by atoms with Gasteiger partial charge < -0.3 is 9.80 Å². The summed E-state index contributed by atoms with van der Waals surface area (Å²) in [6.07, 6.45) is 2.18. The van der Waals surface area contributed by atoms with Crippen LogP contribution in [0.4, 0.5) is 0 Å². The largest absolute Gasteiger partial charge is 0.336 e. The molecule has 3 rings (SSSR count). The third-order valence-electron chi connectivity index (χ3n) is 3.84. The lowest BCUT2D eigenvalue weighted by molar-refractivity contribution is -0.130. The predicted octanol–water partition coefficient (Wildman–Crippen LogP) is -0.186. The van der Waals surface area contributed by atoms with Crippen molar-refractivity contribution in [2.45, 2.75) is 32.2 Å². The lowest BCUT2D eigenvalue weighted by Gasteiger charge is -2.36. The van der Waals surface area contributed by atoms with Crippen LogP contribution in [0.15, 0.2) is 0 Å². The maximum atomic E-state index is 12.3. The molecule has 0 spiro atoms. The van der Waals surface area contributed by atoms with Gasteiger partial charge in [-0.05, 0) is 6.42 Å². The molecule has 2 saturated heterocycles. The van der Waals surface area contributed by atoms with E-state index in [2.05, 4.69) is 15.2 Å². The van der Waals surface area contributed by atoms with Crippen LogP contribution in [-0.4, -0.2) is 62.5 Å². The van der Waals surface area contributed by atoms with E-state index >= 15 is 0 Å². The molecule has 102 valence electrons. The highest BCUT2D eigenvalue weighted by atomic mass is 16.2. The molecule has 0 aromatic carbocycles. The van der Waals surface area contributed by atoms with Crippen LogP contribution >= 0.6 is 0 Å². The molecular formula is C12H17N5O2. The topological polar surface area (TPSA) is 82.2 Å². The Bertz CT molecular complexity index is 512. The molecule has 0 aliphatic carbocycles. The van der Waals surface area contributed by atoms with E-state index in [1.54, 1.807) is 4.90 Å². The number of piperazine rings is 1. The van der Waals surface area contributed by atoms with E-state index in [1.165, 1.54) is 0 Å². The van der Waals surface area contributed by atoms with Crippen molar-refractivity contribution in [3.05, 3.63) is 11.6 Å². The quantitative estimate of drug-likeness (QED) is 0.802. The maximum Gasteiger partial charge on any atom is 0.293 e. The highest BCUT2D eigenvalue weighted by Gasteiger charge is 2.37. The van der Waals surface area contributed by atoms with Crippen molar-refractivity contribution >= 4 is 11.8 Å². The number of carbonyl (C=O) groups excluding carboxylic acids is 2. The number of carbonyl (C=O) groups is 2. The molecule has 1 atom stereocenters. The Morgan fingerprint density at radius 3 is 3.05 bits per heavy atom. The second kappa shape index (κ2) is 4.64. The number of nitrogens with zero attached hydrogens (tertiary/aromatic N) is 4. The fourth-order valence-electron chi connectivity index (χ4n) is 2.74. The van der Waals surface area contributed by atoms with Crippen LogP contribution in [0.3, 0.4) is 0 Å². The second-order valence-corrected chi connectivity index (χ2v) is 4.99. The molecule has 0 bridgehead atoms. The van der Waals surface area contributed by atoms with Crippen molar-refractivity contribution in [2.24, 2.45) is 0 Å². The van der Waals surface area contributed by atoms with Gasteiger partial charge in [-0.2, -0.15) is 0 Å². The Hall–Kier alpha value is -1.92. The summed E-state index contributed by atoms with van der Waals surface area (Å²) in [5.74, 6) is 1.02. The number of hydrogen-bond donors (Lipinski definition) is 1. The van der Waals surface area contributed by atoms with E-state index in [0.717, 1.165) is 18.7 Å². The van der Waals surface area contributed by atoms with Gasteiger partial charge in [0.1, 0.15) is 5.82 Å². The zero-order valence-electron chi connectivity index (χ0n) is 10.9. The predicted molar refractivity (Wildman–Crippen MR) is 66.4 cm³/mol. The molecule has 2 aliphatic rings. The average Bonchev–Trinajstić information content (AvgIpc) is 3.05. The lowest BCUT2D eigenvalue weighted by Crippen LogP contribution is -2.53. The summed E-state index contributed by atoms with van der Waals surface area (Å²) in [5, 5.41) is 6.71. The Kier molecular flexibility index (Phi) is 2.96. The van der Waals surface area contributed by atoms with Crippen molar-refractivity contribution in [3.63, 3.8) is 0 Å². The Labute approximate surface area is 111 Å². The van der Waals surface area contributed by atoms with Crippen molar-refractivity contribution in [3.8, 4) is 0 Å². The maximum absolute atomic E-state index is 12.3. The Morgan fingerprint density at radius 2 is 2.32 bits per heavy atom. The second-order valence-electron chi connectivity index (χ2n) is 4.99. The summed E-state index contributed by atoms with van der Waals surface area (Å²) < 4.78 is 0. The molecule has 2 aliphatic heterocycles. The summed E-state index contributed by atoms with van der Waals surface area (Å²) in [6.45, 7) is 3.75. The van der Waals surface area contributed by atoms with Crippen molar-refractivity contribution in [1.29, 1.82) is 0 Å². The number of fused-ring (bicyclic) bond motifs is 1. The number of amides is 2. The molecule has 3 heterocycles. The van der Waals surface area contributed by atoms with E-state index in [0.29, 0.717) is 26.1 Å². The minimum atomic E-state index is -0.144. The highest BCUT2D eigenvalue weighted by molar-refractivity contribution is 5.90. The number of aromatic amines is 1. The average molecular weight is 263 g/mol. The summed E-state index contributed by atoms with van der Waals surface area (Å²) in [7, 11) is 0. The Balaban J connectivity index is 1.70. The van der Waals surface area contributed by atoms with Gasteiger partial charge in [0, 0.05) is 38.5 Å². The Morgan fingerprint density at radius 1 is 1.47 bits per heavy atom. The summed E-state index contributed by atoms with van der Waals surface area (Å²) in [6, 6.07) is 0.176. The molecule has 1 aromatic heterocycles. The summed E-state index contributed by atoms with van der Waals surface area (Å²) in [5.41, 5.74) is 0. The van der Waals surface area contributed by atoms with Crippen molar-refractivity contribution < 1.29 is 9.59 Å². The smallest absolute Gasteiger partial charge is 0.293 e. The van der Waals surface area contributed by atoms with Gasteiger partial charge in [0.05, 0.1) is 0 Å². The molecule has 1 unspecified atom stereocenters. The van der Waals surface area contributed by atoms with Crippen LogP contribution < -0.4 is 0 Å². The van der Waals surface area contributed by atoms with Crippen LogP contribution in [0, 0.1) is 0 Å². The van der Waals surface area contributed by atoms with Crippen molar-refractivity contribution in [1.82, 2.24) is 25.0 Å². The van der Waals surface area contributed by atoms with Crippen LogP contribution in [0.5, 0.6) is 0 Å². The first kappa shape index (κ1) is 12.1. The number of hydrogen-bond acceptors (Lipinski definition) is 4. The molecule has 1 aromatic rings. The van der Waals surface area contributed by atoms with Crippen LogP contribution in [0.1, 0.15) is 36.2 Å². The fourth-order valence-corrected chi connectivity index (χ4v) is 2.74. The van der Waals surface area contributed by atoms with Gasteiger partial charge in [0.2, 0.25) is 11.7 Å². The zero-order valence-corrected chi connectivity index (χ0v) is 10.9. The van der Waals surface area contributed by atoms with Gasteiger partial charge in [-0.1, -0.05) is 6.92 Å². The normalized spacial score (nSPS) is 22.8. The summed E-state index contributed by atoms with van der Waals surface area (Å²) in [4.78, 5) is 31.7. The number of aryl methyl sites for hydroxylation is 1. The third kappa shape index (κ3) is 2.09.